The molecule has 0 heterocycles. The summed E-state index contributed by atoms with van der Waals surface area (Å²) in [6.07, 6.45) is 15.4. The molecule has 0 aliphatic carbocycles. The second-order valence-electron chi connectivity index (χ2n) is 4.76. The molecule has 120 valence electrons. The standard InChI is InChI=1S/C14H26O2.C2H6O2/c1-2-3-4-5-6-7-8-9-10-11-12-13-14(15)16;3-1-2-4/h5-6H,2-4,7-13H2,1H3,(H,15,16);3-4H,1-2H2/b6-5-;. The molecule has 4 nitrogen and oxygen atoms in total. The van der Waals surface area contributed by atoms with Crippen molar-refractivity contribution in [1.82, 2.24) is 0 Å². The van der Waals surface area contributed by atoms with Gasteiger partial charge in [-0.1, -0.05) is 51.2 Å². The maximum Gasteiger partial charge on any atom is 0.303 e. The second kappa shape index (κ2) is 20.4. The summed E-state index contributed by atoms with van der Waals surface area (Å²) in [7, 11) is 0. The highest BCUT2D eigenvalue weighted by molar-refractivity contribution is 5.66. The molecule has 0 aliphatic heterocycles. The van der Waals surface area contributed by atoms with Crippen molar-refractivity contribution in [3.63, 3.8) is 0 Å². The number of hydrogen-bond acceptors (Lipinski definition) is 3. The lowest BCUT2D eigenvalue weighted by molar-refractivity contribution is -0.137. The van der Waals surface area contributed by atoms with Crippen LogP contribution in [0.5, 0.6) is 0 Å². The van der Waals surface area contributed by atoms with Crippen molar-refractivity contribution in [3.05, 3.63) is 12.2 Å². The molecule has 0 radical (unpaired) electrons. The fraction of sp³-hybridized carbons (Fsp3) is 0.812. The van der Waals surface area contributed by atoms with Crippen LogP contribution in [0.15, 0.2) is 12.2 Å². The van der Waals surface area contributed by atoms with Gasteiger partial charge in [0.2, 0.25) is 0 Å². The average molecular weight is 288 g/mol. The van der Waals surface area contributed by atoms with E-state index < -0.39 is 5.97 Å². The summed E-state index contributed by atoms with van der Waals surface area (Å²) < 4.78 is 0. The van der Waals surface area contributed by atoms with E-state index in [-0.39, 0.29) is 13.2 Å². The van der Waals surface area contributed by atoms with E-state index in [1.165, 1.54) is 44.9 Å². The molecule has 0 aliphatic rings. The summed E-state index contributed by atoms with van der Waals surface area (Å²) in [6.45, 7) is 1.96. The number of rotatable bonds is 12. The molecular formula is C16H32O4. The summed E-state index contributed by atoms with van der Waals surface area (Å²) >= 11 is 0. The van der Waals surface area contributed by atoms with Crippen molar-refractivity contribution >= 4 is 5.97 Å². The Labute approximate surface area is 123 Å². The van der Waals surface area contributed by atoms with Crippen molar-refractivity contribution < 1.29 is 20.1 Å². The number of carboxylic acids is 1. The van der Waals surface area contributed by atoms with Crippen molar-refractivity contribution in [1.29, 1.82) is 0 Å². The predicted molar refractivity (Wildman–Crippen MR) is 82.8 cm³/mol. The monoisotopic (exact) mass is 288 g/mol. The van der Waals surface area contributed by atoms with Gasteiger partial charge in [0.15, 0.2) is 0 Å². The Morgan fingerprint density at radius 3 is 1.85 bits per heavy atom. The van der Waals surface area contributed by atoms with Gasteiger partial charge in [-0.2, -0.15) is 0 Å². The zero-order valence-electron chi connectivity index (χ0n) is 12.9. The lowest BCUT2D eigenvalue weighted by atomic mass is 10.1. The summed E-state index contributed by atoms with van der Waals surface area (Å²) in [4.78, 5) is 10.3. The van der Waals surface area contributed by atoms with Crippen LogP contribution in [0.2, 0.25) is 0 Å². The largest absolute Gasteiger partial charge is 0.481 e. The molecule has 0 amide bonds. The predicted octanol–water partition coefficient (Wildman–Crippen LogP) is 3.52. The maximum absolute atomic E-state index is 10.3. The van der Waals surface area contributed by atoms with Crippen LogP contribution in [0.3, 0.4) is 0 Å². The first-order chi connectivity index (χ1) is 9.68. The van der Waals surface area contributed by atoms with Crippen LogP contribution < -0.4 is 0 Å². The quantitative estimate of drug-likeness (QED) is 0.379. The third-order valence-electron chi connectivity index (χ3n) is 2.75. The van der Waals surface area contributed by atoms with Gasteiger partial charge in [0.05, 0.1) is 13.2 Å². The normalized spacial score (nSPS) is 10.3. The number of hydrogen-bond donors (Lipinski definition) is 3. The van der Waals surface area contributed by atoms with Crippen LogP contribution in [-0.4, -0.2) is 34.5 Å². The molecular weight excluding hydrogens is 256 g/mol. The maximum atomic E-state index is 10.3. The molecule has 0 saturated heterocycles. The Kier molecular flexibility index (Phi) is 21.9. The zero-order valence-corrected chi connectivity index (χ0v) is 12.9. The highest BCUT2D eigenvalue weighted by Crippen LogP contribution is 2.08. The van der Waals surface area contributed by atoms with Crippen LogP contribution in [0.1, 0.15) is 71.1 Å². The van der Waals surface area contributed by atoms with Crippen LogP contribution in [-0.2, 0) is 4.79 Å². The number of carboxylic acid groups (broad SMARTS) is 1. The van der Waals surface area contributed by atoms with Crippen molar-refractivity contribution in [3.8, 4) is 0 Å². The highest BCUT2D eigenvalue weighted by atomic mass is 16.4. The minimum absolute atomic E-state index is 0.125. The van der Waals surface area contributed by atoms with E-state index in [9.17, 15) is 4.79 Å². The van der Waals surface area contributed by atoms with Gasteiger partial charge in [0.25, 0.3) is 0 Å². The van der Waals surface area contributed by atoms with Gasteiger partial charge < -0.3 is 15.3 Å². The molecule has 4 heteroatoms. The summed E-state index contributed by atoms with van der Waals surface area (Å²) in [5.41, 5.74) is 0. The van der Waals surface area contributed by atoms with E-state index in [1.54, 1.807) is 0 Å². The summed E-state index contributed by atoms with van der Waals surface area (Å²) in [5, 5.41) is 23.7. The molecule has 0 rings (SSSR count). The van der Waals surface area contributed by atoms with E-state index in [2.05, 4.69) is 19.1 Å². The molecule has 0 saturated carbocycles. The van der Waals surface area contributed by atoms with Crippen molar-refractivity contribution in [2.45, 2.75) is 71.1 Å². The van der Waals surface area contributed by atoms with Gasteiger partial charge in [0.1, 0.15) is 0 Å². The van der Waals surface area contributed by atoms with Gasteiger partial charge in [0, 0.05) is 6.42 Å². The summed E-state index contributed by atoms with van der Waals surface area (Å²) in [5.74, 6) is -0.668. The van der Waals surface area contributed by atoms with E-state index >= 15 is 0 Å². The number of aliphatic hydroxyl groups excluding tert-OH is 2. The Hall–Kier alpha value is -0.870. The number of aliphatic hydroxyl groups is 2. The fourth-order valence-corrected chi connectivity index (χ4v) is 1.63. The lowest BCUT2D eigenvalue weighted by Crippen LogP contribution is -1.93. The van der Waals surface area contributed by atoms with Crippen LogP contribution >= 0.6 is 0 Å². The van der Waals surface area contributed by atoms with E-state index in [0.717, 1.165) is 12.8 Å². The Morgan fingerprint density at radius 1 is 0.850 bits per heavy atom. The number of carbonyl (C=O) groups is 1. The lowest BCUT2D eigenvalue weighted by Gasteiger charge is -1.98. The van der Waals surface area contributed by atoms with E-state index in [0.29, 0.717) is 6.42 Å². The first-order valence-electron chi connectivity index (χ1n) is 7.77. The first kappa shape index (κ1) is 21.4. The molecule has 0 aromatic carbocycles. The molecule has 0 fully saturated rings. The molecule has 0 atom stereocenters. The van der Waals surface area contributed by atoms with Crippen LogP contribution in [0, 0.1) is 0 Å². The minimum atomic E-state index is -0.668. The Balaban J connectivity index is 0. The molecule has 0 unspecified atom stereocenters. The smallest absolute Gasteiger partial charge is 0.303 e. The van der Waals surface area contributed by atoms with Crippen LogP contribution in [0.4, 0.5) is 0 Å². The molecule has 3 N–H and O–H groups in total. The van der Waals surface area contributed by atoms with Crippen LogP contribution in [0.25, 0.3) is 0 Å². The number of allylic oxidation sites excluding steroid dienone is 2. The molecule has 0 aromatic rings. The average Bonchev–Trinajstić information content (AvgIpc) is 2.44. The zero-order chi connectivity index (χ0) is 15.5. The third-order valence-corrected chi connectivity index (χ3v) is 2.75. The van der Waals surface area contributed by atoms with Crippen molar-refractivity contribution in [2.75, 3.05) is 13.2 Å². The summed E-state index contributed by atoms with van der Waals surface area (Å²) in [6, 6.07) is 0. The highest BCUT2D eigenvalue weighted by Gasteiger charge is 1.95. The number of aliphatic carboxylic acids is 1. The molecule has 20 heavy (non-hydrogen) atoms. The number of unbranched alkanes of at least 4 members (excludes halogenated alkanes) is 7. The SMILES string of the molecule is CCCC/C=C\CCCCCCCC(=O)O.OCCO. The molecule has 0 bridgehead atoms. The van der Waals surface area contributed by atoms with Gasteiger partial charge >= 0.3 is 5.97 Å². The molecule has 0 spiro atoms. The fourth-order valence-electron chi connectivity index (χ4n) is 1.63. The topological polar surface area (TPSA) is 77.8 Å². The second-order valence-corrected chi connectivity index (χ2v) is 4.76. The van der Waals surface area contributed by atoms with Gasteiger partial charge in [-0.15, -0.1) is 0 Å². The van der Waals surface area contributed by atoms with Crippen molar-refractivity contribution in [2.24, 2.45) is 0 Å². The van der Waals surface area contributed by atoms with Gasteiger partial charge in [-0.3, -0.25) is 4.79 Å². The minimum Gasteiger partial charge on any atom is -0.481 e. The van der Waals surface area contributed by atoms with E-state index in [4.69, 9.17) is 15.3 Å². The molecule has 0 aromatic heterocycles. The first-order valence-corrected chi connectivity index (χ1v) is 7.77. The van der Waals surface area contributed by atoms with Gasteiger partial charge in [-0.25, -0.2) is 0 Å². The van der Waals surface area contributed by atoms with E-state index in [1.807, 2.05) is 0 Å². The Morgan fingerprint density at radius 2 is 1.35 bits per heavy atom. The third kappa shape index (κ3) is 25.9. The Bertz CT molecular complexity index is 213. The van der Waals surface area contributed by atoms with Gasteiger partial charge in [-0.05, 0) is 25.7 Å².